The van der Waals surface area contributed by atoms with Crippen molar-refractivity contribution in [3.63, 3.8) is 0 Å². The van der Waals surface area contributed by atoms with Crippen molar-refractivity contribution in [1.29, 1.82) is 0 Å². The van der Waals surface area contributed by atoms with Crippen molar-refractivity contribution in [1.82, 2.24) is 10.2 Å². The van der Waals surface area contributed by atoms with E-state index in [9.17, 15) is 4.79 Å². The first-order valence-electron chi connectivity index (χ1n) is 6.43. The van der Waals surface area contributed by atoms with Crippen molar-refractivity contribution >= 4 is 5.91 Å². The number of nitrogens with one attached hydrogen (secondary N) is 1. The summed E-state index contributed by atoms with van der Waals surface area (Å²) in [5, 5.41) is 3.33. The van der Waals surface area contributed by atoms with E-state index < -0.39 is 0 Å². The van der Waals surface area contributed by atoms with Gasteiger partial charge in [-0.05, 0) is 13.5 Å². The van der Waals surface area contributed by atoms with E-state index in [4.69, 9.17) is 9.47 Å². The molecule has 2 aliphatic rings. The lowest BCUT2D eigenvalue weighted by Crippen LogP contribution is -2.52. The van der Waals surface area contributed by atoms with Crippen LogP contribution in [0.5, 0.6) is 0 Å². The minimum Gasteiger partial charge on any atom is -0.379 e. The summed E-state index contributed by atoms with van der Waals surface area (Å²) in [6.07, 6.45) is 0. The molecule has 0 spiro atoms. The van der Waals surface area contributed by atoms with Crippen LogP contribution in [0.2, 0.25) is 0 Å². The summed E-state index contributed by atoms with van der Waals surface area (Å²) in [5.74, 6) is 0.180. The molecule has 98 valence electrons. The van der Waals surface area contributed by atoms with Gasteiger partial charge < -0.3 is 19.7 Å². The number of likely N-dealkylation sites (N-methyl/N-ethyl adjacent to an activating group) is 1. The predicted octanol–water partition coefficient (Wildman–Crippen LogP) is -0.142. The minimum absolute atomic E-state index is 0.0319. The lowest BCUT2D eigenvalue weighted by Gasteiger charge is -2.35. The van der Waals surface area contributed by atoms with E-state index in [2.05, 4.69) is 12.2 Å². The van der Waals surface area contributed by atoms with Crippen LogP contribution in [0.25, 0.3) is 0 Å². The molecule has 3 unspecified atom stereocenters. The van der Waals surface area contributed by atoms with Gasteiger partial charge in [0.25, 0.3) is 0 Å². The topological polar surface area (TPSA) is 50.8 Å². The van der Waals surface area contributed by atoms with Crippen LogP contribution in [0.4, 0.5) is 0 Å². The molecule has 0 aliphatic carbocycles. The number of hydrogen-bond acceptors (Lipinski definition) is 4. The molecule has 0 radical (unpaired) electrons. The van der Waals surface area contributed by atoms with Gasteiger partial charge in [0.15, 0.2) is 0 Å². The molecular formula is C12H22N2O3. The number of nitrogens with zero attached hydrogens (tertiary/aromatic N) is 1. The summed E-state index contributed by atoms with van der Waals surface area (Å²) in [4.78, 5) is 14.4. The van der Waals surface area contributed by atoms with Crippen molar-refractivity contribution < 1.29 is 14.3 Å². The van der Waals surface area contributed by atoms with Crippen molar-refractivity contribution in [2.45, 2.75) is 25.9 Å². The van der Waals surface area contributed by atoms with E-state index in [0.717, 1.165) is 6.54 Å². The van der Waals surface area contributed by atoms with Crippen molar-refractivity contribution in [3.05, 3.63) is 0 Å². The molecule has 2 saturated heterocycles. The third kappa shape index (κ3) is 2.78. The minimum atomic E-state index is -0.0319. The van der Waals surface area contributed by atoms with Gasteiger partial charge in [-0.25, -0.2) is 0 Å². The first-order chi connectivity index (χ1) is 8.24. The van der Waals surface area contributed by atoms with E-state index >= 15 is 0 Å². The highest BCUT2D eigenvalue weighted by Crippen LogP contribution is 2.19. The second-order valence-corrected chi connectivity index (χ2v) is 4.76. The second kappa shape index (κ2) is 5.80. The molecule has 1 amide bonds. The number of morpholine rings is 1. The summed E-state index contributed by atoms with van der Waals surface area (Å²) in [6, 6.07) is 0.349. The predicted molar refractivity (Wildman–Crippen MR) is 63.8 cm³/mol. The maximum Gasteiger partial charge on any atom is 0.230 e. The first-order valence-corrected chi connectivity index (χ1v) is 6.43. The van der Waals surface area contributed by atoms with Gasteiger partial charge in [0.2, 0.25) is 5.91 Å². The van der Waals surface area contributed by atoms with E-state index in [1.54, 1.807) is 0 Å². The number of ether oxygens (including phenoxy) is 2. The highest BCUT2D eigenvalue weighted by atomic mass is 16.5. The van der Waals surface area contributed by atoms with Gasteiger partial charge in [0.05, 0.1) is 38.4 Å². The van der Waals surface area contributed by atoms with Crippen LogP contribution in [-0.4, -0.2) is 62.4 Å². The monoisotopic (exact) mass is 242 g/mol. The molecule has 2 rings (SSSR count). The number of carbonyl (C=O) groups is 1. The van der Waals surface area contributed by atoms with Crippen LogP contribution >= 0.6 is 0 Å². The average Bonchev–Trinajstić information content (AvgIpc) is 2.78. The Kier molecular flexibility index (Phi) is 4.36. The SMILES string of the molecule is CCNC1COCC1C(=O)N1CCOCC1C. The summed E-state index contributed by atoms with van der Waals surface area (Å²) >= 11 is 0. The average molecular weight is 242 g/mol. The smallest absolute Gasteiger partial charge is 0.230 e. The Morgan fingerprint density at radius 3 is 2.88 bits per heavy atom. The fourth-order valence-electron chi connectivity index (χ4n) is 2.53. The molecule has 1 N–H and O–H groups in total. The zero-order valence-corrected chi connectivity index (χ0v) is 10.6. The summed E-state index contributed by atoms with van der Waals surface area (Å²) < 4.78 is 10.8. The maximum absolute atomic E-state index is 12.4. The normalized spacial score (nSPS) is 34.0. The molecule has 0 saturated carbocycles. The van der Waals surface area contributed by atoms with Crippen LogP contribution in [0, 0.1) is 5.92 Å². The van der Waals surface area contributed by atoms with Crippen LogP contribution in [0.3, 0.4) is 0 Å². The zero-order chi connectivity index (χ0) is 12.3. The Morgan fingerprint density at radius 1 is 1.35 bits per heavy atom. The Balaban J connectivity index is 1.97. The van der Waals surface area contributed by atoms with Gasteiger partial charge in [-0.15, -0.1) is 0 Å². The van der Waals surface area contributed by atoms with Gasteiger partial charge in [0, 0.05) is 12.6 Å². The van der Waals surface area contributed by atoms with Crippen LogP contribution in [0.15, 0.2) is 0 Å². The highest BCUT2D eigenvalue weighted by Gasteiger charge is 2.38. The molecule has 0 bridgehead atoms. The van der Waals surface area contributed by atoms with Crippen LogP contribution in [-0.2, 0) is 14.3 Å². The molecule has 0 aromatic carbocycles. The highest BCUT2D eigenvalue weighted by molar-refractivity contribution is 5.80. The molecule has 3 atom stereocenters. The lowest BCUT2D eigenvalue weighted by atomic mass is 10.0. The van der Waals surface area contributed by atoms with E-state index in [0.29, 0.717) is 33.0 Å². The standard InChI is InChI=1S/C12H22N2O3/c1-3-13-11-8-17-7-10(11)12(15)14-4-5-16-6-9(14)2/h9-11,13H,3-8H2,1-2H3. The molecule has 0 aromatic heterocycles. The summed E-state index contributed by atoms with van der Waals surface area (Å²) in [5.41, 5.74) is 0. The van der Waals surface area contributed by atoms with Gasteiger partial charge in [-0.1, -0.05) is 6.92 Å². The van der Waals surface area contributed by atoms with E-state index in [1.807, 2.05) is 11.8 Å². The molecule has 5 heteroatoms. The van der Waals surface area contributed by atoms with Gasteiger partial charge in [-0.3, -0.25) is 4.79 Å². The van der Waals surface area contributed by atoms with Gasteiger partial charge in [-0.2, -0.15) is 0 Å². The molecule has 5 nitrogen and oxygen atoms in total. The van der Waals surface area contributed by atoms with Crippen molar-refractivity contribution in [2.24, 2.45) is 5.92 Å². The van der Waals surface area contributed by atoms with Crippen LogP contribution in [0.1, 0.15) is 13.8 Å². The van der Waals surface area contributed by atoms with Gasteiger partial charge >= 0.3 is 0 Å². The summed E-state index contributed by atoms with van der Waals surface area (Å²) in [6.45, 7) is 8.14. The third-order valence-electron chi connectivity index (χ3n) is 3.51. The fraction of sp³-hybridized carbons (Fsp3) is 0.917. The van der Waals surface area contributed by atoms with E-state index in [-0.39, 0.29) is 23.9 Å². The van der Waals surface area contributed by atoms with Gasteiger partial charge in [0.1, 0.15) is 0 Å². The second-order valence-electron chi connectivity index (χ2n) is 4.76. The molecule has 2 fully saturated rings. The molecule has 2 heterocycles. The largest absolute Gasteiger partial charge is 0.379 e. The fourth-order valence-corrected chi connectivity index (χ4v) is 2.53. The van der Waals surface area contributed by atoms with Crippen molar-refractivity contribution in [2.75, 3.05) is 39.5 Å². The van der Waals surface area contributed by atoms with Crippen LogP contribution < -0.4 is 5.32 Å². The quantitative estimate of drug-likeness (QED) is 0.748. The number of rotatable bonds is 3. The Labute approximate surface area is 102 Å². The molecule has 17 heavy (non-hydrogen) atoms. The van der Waals surface area contributed by atoms with Crippen molar-refractivity contribution in [3.8, 4) is 0 Å². The zero-order valence-electron chi connectivity index (χ0n) is 10.6. The Morgan fingerprint density at radius 2 is 2.18 bits per heavy atom. The maximum atomic E-state index is 12.4. The number of hydrogen-bond donors (Lipinski definition) is 1. The summed E-state index contributed by atoms with van der Waals surface area (Å²) in [7, 11) is 0. The Hall–Kier alpha value is -0.650. The third-order valence-corrected chi connectivity index (χ3v) is 3.51. The molecular weight excluding hydrogens is 220 g/mol. The lowest BCUT2D eigenvalue weighted by molar-refractivity contribution is -0.144. The molecule has 0 aromatic rings. The van der Waals surface area contributed by atoms with E-state index in [1.165, 1.54) is 0 Å². The molecule has 2 aliphatic heterocycles. The Bertz CT molecular complexity index is 272. The number of amides is 1. The number of carbonyl (C=O) groups excluding carboxylic acids is 1. The first kappa shape index (κ1) is 12.8.